The zero-order chi connectivity index (χ0) is 24.5. The molecule has 5 aromatic carbocycles. The van der Waals surface area contributed by atoms with Crippen LogP contribution >= 0.6 is 0 Å². The molecule has 0 radical (unpaired) electrons. The predicted molar refractivity (Wildman–Crippen MR) is 149 cm³/mol. The van der Waals surface area contributed by atoms with E-state index in [1.807, 2.05) is 31.2 Å². The second-order valence-electron chi connectivity index (χ2n) is 9.13. The van der Waals surface area contributed by atoms with Gasteiger partial charge in [0, 0.05) is 16.5 Å². The predicted octanol–water partition coefficient (Wildman–Crippen LogP) is 8.01. The molecule has 0 spiro atoms. The first kappa shape index (κ1) is 22.1. The summed E-state index contributed by atoms with van der Waals surface area (Å²) in [5.74, 6) is 0.832. The normalized spacial score (nSPS) is 12.0. The zero-order valence-corrected chi connectivity index (χ0v) is 20.2. The minimum atomic E-state index is -0.00552. The van der Waals surface area contributed by atoms with E-state index in [1.54, 1.807) is 0 Å². The Morgan fingerprint density at radius 2 is 1.39 bits per heavy atom. The smallest absolute Gasteiger partial charge is 0.113 e. The molecule has 0 saturated heterocycles. The molecule has 0 aliphatic rings. The van der Waals surface area contributed by atoms with Crippen LogP contribution < -0.4 is 0 Å². The van der Waals surface area contributed by atoms with E-state index in [2.05, 4.69) is 95.6 Å². The van der Waals surface area contributed by atoms with Crippen molar-refractivity contribution in [2.24, 2.45) is 0 Å². The lowest BCUT2D eigenvalue weighted by molar-refractivity contribution is 0.199. The summed E-state index contributed by atoms with van der Waals surface area (Å²) in [6, 6.07) is 37.9. The third-order valence-electron chi connectivity index (χ3n) is 6.77. The fourth-order valence-electron chi connectivity index (χ4n) is 5.02. The topological polar surface area (TPSA) is 34.4 Å². The lowest BCUT2D eigenvalue weighted by Gasteiger charge is -2.12. The highest BCUT2D eigenvalue weighted by atomic mass is 16.5. The number of aromatic nitrogens is 1. The van der Waals surface area contributed by atoms with Crippen LogP contribution in [0.4, 0.5) is 0 Å². The van der Waals surface area contributed by atoms with Crippen LogP contribution in [0.3, 0.4) is 0 Å². The third-order valence-corrected chi connectivity index (χ3v) is 6.77. The second-order valence-corrected chi connectivity index (χ2v) is 9.13. The Morgan fingerprint density at radius 1 is 0.722 bits per heavy atom. The Balaban J connectivity index is 1.33. The number of rotatable bonds is 6. The molecule has 0 unspecified atom stereocenters. The Kier molecular flexibility index (Phi) is 5.76. The number of aliphatic hydroxyl groups excluding tert-OH is 1. The van der Waals surface area contributed by atoms with E-state index < -0.39 is 0 Å². The fraction of sp³-hybridized carbons (Fsp3) is 0.0909. The molecule has 6 rings (SSSR count). The van der Waals surface area contributed by atoms with Gasteiger partial charge < -0.3 is 14.4 Å². The van der Waals surface area contributed by atoms with Crippen LogP contribution in [0.1, 0.15) is 23.6 Å². The lowest BCUT2D eigenvalue weighted by atomic mass is 10.0. The van der Waals surface area contributed by atoms with Crippen molar-refractivity contribution in [1.29, 1.82) is 0 Å². The largest absolute Gasteiger partial charge is 0.494 e. The molecule has 6 aromatic rings. The van der Waals surface area contributed by atoms with E-state index in [0.717, 1.165) is 38.9 Å². The molecular weight excluding hydrogens is 442 g/mol. The number of para-hydroxylation sites is 2. The molecule has 0 aliphatic heterocycles. The molecule has 1 N–H and O–H groups in total. The van der Waals surface area contributed by atoms with Gasteiger partial charge >= 0.3 is 0 Å². The average Bonchev–Trinajstić information content (AvgIpc) is 3.25. The number of hydrogen-bond donors (Lipinski definition) is 1. The van der Waals surface area contributed by atoms with E-state index >= 15 is 0 Å². The summed E-state index contributed by atoms with van der Waals surface area (Å²) in [5, 5.41) is 14.6. The number of allylic oxidation sites excluding steroid dienone is 1. The molecule has 0 amide bonds. The highest BCUT2D eigenvalue weighted by molar-refractivity contribution is 6.09. The molecule has 176 valence electrons. The van der Waals surface area contributed by atoms with Gasteiger partial charge in [0.25, 0.3) is 0 Å². The van der Waals surface area contributed by atoms with Crippen molar-refractivity contribution < 1.29 is 9.84 Å². The summed E-state index contributed by atoms with van der Waals surface area (Å²) in [5.41, 5.74) is 6.53. The van der Waals surface area contributed by atoms with E-state index in [-0.39, 0.29) is 6.61 Å². The maximum absolute atomic E-state index is 9.88. The van der Waals surface area contributed by atoms with Crippen molar-refractivity contribution >= 4 is 38.7 Å². The van der Waals surface area contributed by atoms with Gasteiger partial charge in [-0.25, -0.2) is 0 Å². The number of nitrogens with zero attached hydrogens (tertiary/aromatic N) is 1. The Labute approximate surface area is 210 Å². The number of ether oxygens (including phenoxy) is 1. The lowest BCUT2D eigenvalue weighted by Crippen LogP contribution is -1.98. The first-order chi connectivity index (χ1) is 17.7. The van der Waals surface area contributed by atoms with Crippen molar-refractivity contribution in [2.45, 2.75) is 20.1 Å². The molecule has 36 heavy (non-hydrogen) atoms. The average molecular weight is 470 g/mol. The molecule has 3 nitrogen and oxygen atoms in total. The van der Waals surface area contributed by atoms with Crippen LogP contribution in [0.5, 0.6) is 0 Å². The standard InChI is InChI=1S/C33H27NO2/c1-23(36-22-28-20-26-10-6-5-9-25(26)19-27(28)21-35)17-24-15-16-33-31(18-24)30-13-7-8-14-32(30)34(33)29-11-3-2-4-12-29/h2-20,35H,21-22H2,1H3. The molecule has 0 aliphatic carbocycles. The molecule has 0 saturated carbocycles. The first-order valence-corrected chi connectivity index (χ1v) is 12.2. The minimum absolute atomic E-state index is 0.00552. The van der Waals surface area contributed by atoms with Gasteiger partial charge in [-0.05, 0) is 82.9 Å². The zero-order valence-electron chi connectivity index (χ0n) is 20.2. The number of benzene rings is 5. The molecule has 0 fully saturated rings. The summed E-state index contributed by atoms with van der Waals surface area (Å²) in [4.78, 5) is 0. The van der Waals surface area contributed by atoms with Gasteiger partial charge in [0.2, 0.25) is 0 Å². The highest BCUT2D eigenvalue weighted by Crippen LogP contribution is 2.33. The van der Waals surface area contributed by atoms with Gasteiger partial charge in [0.05, 0.1) is 23.4 Å². The van der Waals surface area contributed by atoms with E-state index in [1.165, 1.54) is 21.8 Å². The van der Waals surface area contributed by atoms with Crippen LogP contribution in [0.2, 0.25) is 0 Å². The van der Waals surface area contributed by atoms with Crippen molar-refractivity contribution in [3.8, 4) is 5.69 Å². The van der Waals surface area contributed by atoms with E-state index in [4.69, 9.17) is 4.74 Å². The highest BCUT2D eigenvalue weighted by Gasteiger charge is 2.12. The summed E-state index contributed by atoms with van der Waals surface area (Å²) in [7, 11) is 0. The summed E-state index contributed by atoms with van der Waals surface area (Å²) in [6.07, 6.45) is 2.08. The summed E-state index contributed by atoms with van der Waals surface area (Å²) in [6.45, 7) is 2.39. The van der Waals surface area contributed by atoms with Gasteiger partial charge in [-0.15, -0.1) is 0 Å². The molecule has 0 bridgehead atoms. The number of hydrogen-bond acceptors (Lipinski definition) is 2. The fourth-order valence-corrected chi connectivity index (χ4v) is 5.02. The van der Waals surface area contributed by atoms with Gasteiger partial charge in [-0.2, -0.15) is 0 Å². The van der Waals surface area contributed by atoms with Gasteiger partial charge in [-0.3, -0.25) is 0 Å². The summed E-state index contributed by atoms with van der Waals surface area (Å²) >= 11 is 0. The van der Waals surface area contributed by atoms with E-state index in [9.17, 15) is 5.11 Å². The van der Waals surface area contributed by atoms with Gasteiger partial charge in [-0.1, -0.05) is 66.7 Å². The van der Waals surface area contributed by atoms with Gasteiger partial charge in [0.15, 0.2) is 0 Å². The number of aliphatic hydroxyl groups is 1. The van der Waals surface area contributed by atoms with Crippen LogP contribution in [-0.2, 0) is 18.0 Å². The van der Waals surface area contributed by atoms with Crippen LogP contribution in [0.25, 0.3) is 44.3 Å². The maximum atomic E-state index is 9.88. The van der Waals surface area contributed by atoms with Gasteiger partial charge in [0.1, 0.15) is 6.61 Å². The summed E-state index contributed by atoms with van der Waals surface area (Å²) < 4.78 is 8.46. The molecular formula is C33H27NO2. The quantitative estimate of drug-likeness (QED) is 0.251. The van der Waals surface area contributed by atoms with E-state index in [0.29, 0.717) is 6.61 Å². The maximum Gasteiger partial charge on any atom is 0.113 e. The van der Waals surface area contributed by atoms with Crippen LogP contribution in [0.15, 0.2) is 115 Å². The van der Waals surface area contributed by atoms with Crippen molar-refractivity contribution in [1.82, 2.24) is 4.57 Å². The Hall–Kier alpha value is -4.34. The van der Waals surface area contributed by atoms with Crippen molar-refractivity contribution in [3.63, 3.8) is 0 Å². The molecule has 3 heteroatoms. The van der Waals surface area contributed by atoms with Crippen LogP contribution in [0, 0.1) is 0 Å². The Morgan fingerprint density at radius 3 is 2.17 bits per heavy atom. The third kappa shape index (κ3) is 4.04. The SMILES string of the molecule is CC(=Cc1ccc2c(c1)c1ccccc1n2-c1ccccc1)OCc1cc2ccccc2cc1CO. The monoisotopic (exact) mass is 469 g/mol. The molecule has 0 atom stereocenters. The Bertz CT molecular complexity index is 1730. The van der Waals surface area contributed by atoms with Crippen molar-refractivity contribution in [2.75, 3.05) is 0 Å². The second kappa shape index (κ2) is 9.37. The molecule has 1 heterocycles. The van der Waals surface area contributed by atoms with Crippen LogP contribution in [-0.4, -0.2) is 9.67 Å². The minimum Gasteiger partial charge on any atom is -0.494 e. The van der Waals surface area contributed by atoms with Crippen molar-refractivity contribution in [3.05, 3.63) is 132 Å². The number of fused-ring (bicyclic) bond motifs is 4. The molecule has 1 aromatic heterocycles. The first-order valence-electron chi connectivity index (χ1n) is 12.2.